The van der Waals surface area contributed by atoms with Crippen LogP contribution in [0.3, 0.4) is 0 Å². The van der Waals surface area contributed by atoms with Gasteiger partial charge in [-0.2, -0.15) is 0 Å². The molecule has 0 bridgehead atoms. The molecule has 0 radical (unpaired) electrons. The largest absolute Gasteiger partial charge is 0.390 e. The minimum atomic E-state index is -1.36. The molecule has 0 aromatic heterocycles. The molecule has 0 unspecified atom stereocenters. The van der Waals surface area contributed by atoms with Crippen LogP contribution in [0.5, 0.6) is 0 Å². The molecule has 2 N–H and O–H groups in total. The van der Waals surface area contributed by atoms with Crippen molar-refractivity contribution in [2.75, 3.05) is 33.2 Å². The molecule has 2 aromatic rings. The lowest BCUT2D eigenvalue weighted by Gasteiger charge is -2.44. The lowest BCUT2D eigenvalue weighted by Crippen LogP contribution is -2.62. The summed E-state index contributed by atoms with van der Waals surface area (Å²) in [6, 6.07) is 16.9. The number of hydrogen-bond donors (Lipinski definition) is 2. The molecule has 1 saturated heterocycles. The van der Waals surface area contributed by atoms with Crippen molar-refractivity contribution in [2.45, 2.75) is 24.5 Å². The zero-order valence-corrected chi connectivity index (χ0v) is 16.8. The fraction of sp³-hybridized carbons (Fsp3) is 0.409. The van der Waals surface area contributed by atoms with Gasteiger partial charge in [0.2, 0.25) is 0 Å². The highest BCUT2D eigenvalue weighted by molar-refractivity contribution is 6.30. The van der Waals surface area contributed by atoms with Gasteiger partial charge in [0.1, 0.15) is 5.60 Å². The first kappa shape index (κ1) is 20.8. The number of nitrogens with zero attached hydrogens (tertiary/aromatic N) is 2. The van der Waals surface area contributed by atoms with E-state index in [4.69, 9.17) is 11.6 Å². The standard InChI is InChI=1S/C22H27ClN2O3/c1-24(13-11-17-5-3-2-4-6-17)15-22(28)16-25(14-12-20(22)26)21(27)18-7-9-19(23)10-8-18/h2-10,20,26,28H,11-16H2,1H3/t20-,22+/m0/s1. The first-order valence-electron chi connectivity index (χ1n) is 9.55. The maximum Gasteiger partial charge on any atom is 0.253 e. The number of aliphatic hydroxyl groups is 2. The second kappa shape index (κ2) is 9.05. The van der Waals surface area contributed by atoms with Crippen molar-refractivity contribution < 1.29 is 15.0 Å². The molecule has 5 nitrogen and oxygen atoms in total. The number of hydrogen-bond acceptors (Lipinski definition) is 4. The zero-order chi connectivity index (χ0) is 20.1. The molecule has 28 heavy (non-hydrogen) atoms. The minimum Gasteiger partial charge on any atom is -0.390 e. The quantitative estimate of drug-likeness (QED) is 0.779. The van der Waals surface area contributed by atoms with E-state index in [-0.39, 0.29) is 12.5 Å². The Morgan fingerprint density at radius 3 is 2.57 bits per heavy atom. The smallest absolute Gasteiger partial charge is 0.253 e. The zero-order valence-electron chi connectivity index (χ0n) is 16.1. The van der Waals surface area contributed by atoms with Crippen molar-refractivity contribution in [1.29, 1.82) is 0 Å². The summed E-state index contributed by atoms with van der Waals surface area (Å²) in [7, 11) is 1.92. The summed E-state index contributed by atoms with van der Waals surface area (Å²) in [6.07, 6.45) is 0.347. The summed E-state index contributed by atoms with van der Waals surface area (Å²) < 4.78 is 0. The van der Waals surface area contributed by atoms with E-state index in [0.717, 1.165) is 13.0 Å². The Bertz CT molecular complexity index is 784. The average Bonchev–Trinajstić information content (AvgIpc) is 2.69. The third-order valence-corrected chi connectivity index (χ3v) is 5.56. The Morgan fingerprint density at radius 1 is 1.21 bits per heavy atom. The molecule has 6 heteroatoms. The molecule has 2 atom stereocenters. The molecule has 1 heterocycles. The Kier molecular flexibility index (Phi) is 6.73. The number of carbonyl (C=O) groups excluding carboxylic acids is 1. The molecule has 1 aliphatic heterocycles. The van der Waals surface area contributed by atoms with E-state index in [9.17, 15) is 15.0 Å². The van der Waals surface area contributed by atoms with Crippen LogP contribution in [0.1, 0.15) is 22.3 Å². The number of amides is 1. The second-order valence-corrected chi connectivity index (χ2v) is 8.05. The summed E-state index contributed by atoms with van der Waals surface area (Å²) in [6.45, 7) is 1.57. The number of halogens is 1. The van der Waals surface area contributed by atoms with Crippen LogP contribution in [0.2, 0.25) is 5.02 Å². The molecule has 150 valence electrons. The van der Waals surface area contributed by atoms with Crippen molar-refractivity contribution in [2.24, 2.45) is 0 Å². The van der Waals surface area contributed by atoms with Gasteiger partial charge in [-0.1, -0.05) is 41.9 Å². The summed E-state index contributed by atoms with van der Waals surface area (Å²) in [5.41, 5.74) is 0.400. The van der Waals surface area contributed by atoms with Crippen LogP contribution in [0.4, 0.5) is 0 Å². The topological polar surface area (TPSA) is 64.0 Å². The van der Waals surface area contributed by atoms with Gasteiger partial charge in [-0.25, -0.2) is 0 Å². The van der Waals surface area contributed by atoms with Crippen LogP contribution in [0.25, 0.3) is 0 Å². The number of β-amino-alcohol motifs (C(OH)–C–C–N with tert-alkyl or cyclic N) is 1. The molecule has 1 aliphatic rings. The predicted molar refractivity (Wildman–Crippen MR) is 111 cm³/mol. The van der Waals surface area contributed by atoms with E-state index in [1.165, 1.54) is 5.56 Å². The fourth-order valence-corrected chi connectivity index (χ4v) is 3.80. The minimum absolute atomic E-state index is 0.102. The number of piperidine rings is 1. The summed E-state index contributed by atoms with van der Waals surface area (Å²) in [5.74, 6) is -0.158. The van der Waals surface area contributed by atoms with Gasteiger partial charge in [0.05, 0.1) is 12.6 Å². The van der Waals surface area contributed by atoms with E-state index >= 15 is 0 Å². The number of likely N-dealkylation sites (N-methyl/N-ethyl adjacent to an activating group) is 1. The monoisotopic (exact) mass is 402 g/mol. The van der Waals surface area contributed by atoms with E-state index in [1.807, 2.05) is 30.1 Å². The SMILES string of the molecule is CN(CCc1ccccc1)C[C@@]1(O)CN(C(=O)c2ccc(Cl)cc2)CC[C@@H]1O. The van der Waals surface area contributed by atoms with Crippen molar-refractivity contribution in [1.82, 2.24) is 9.80 Å². The van der Waals surface area contributed by atoms with Crippen LogP contribution in [0.15, 0.2) is 54.6 Å². The van der Waals surface area contributed by atoms with Crippen LogP contribution in [0, 0.1) is 0 Å². The molecular weight excluding hydrogens is 376 g/mol. The summed E-state index contributed by atoms with van der Waals surface area (Å²) in [4.78, 5) is 16.4. The van der Waals surface area contributed by atoms with Crippen molar-refractivity contribution in [3.8, 4) is 0 Å². The van der Waals surface area contributed by atoms with Gasteiger partial charge in [-0.3, -0.25) is 4.79 Å². The van der Waals surface area contributed by atoms with Gasteiger partial charge in [0.15, 0.2) is 0 Å². The highest BCUT2D eigenvalue weighted by Crippen LogP contribution is 2.25. The van der Waals surface area contributed by atoms with Crippen LogP contribution in [-0.2, 0) is 6.42 Å². The summed E-state index contributed by atoms with van der Waals surface area (Å²) >= 11 is 5.89. The Labute approximate surface area is 171 Å². The van der Waals surface area contributed by atoms with Gasteiger partial charge < -0.3 is 20.0 Å². The van der Waals surface area contributed by atoms with Crippen molar-refractivity contribution in [3.05, 3.63) is 70.7 Å². The average molecular weight is 403 g/mol. The number of carbonyl (C=O) groups is 1. The highest BCUT2D eigenvalue weighted by Gasteiger charge is 2.43. The Hall–Kier alpha value is -1.92. The molecule has 1 fully saturated rings. The fourth-order valence-electron chi connectivity index (χ4n) is 3.68. The molecule has 1 amide bonds. The van der Waals surface area contributed by atoms with E-state index in [0.29, 0.717) is 30.1 Å². The van der Waals surface area contributed by atoms with Crippen LogP contribution < -0.4 is 0 Å². The van der Waals surface area contributed by atoms with E-state index in [1.54, 1.807) is 29.2 Å². The third kappa shape index (κ3) is 5.11. The molecular formula is C22H27ClN2O3. The lowest BCUT2D eigenvalue weighted by molar-refractivity contribution is -0.124. The normalized spacial score (nSPS) is 22.5. The number of likely N-dealkylation sites (tertiary alicyclic amines) is 1. The van der Waals surface area contributed by atoms with Gasteiger partial charge >= 0.3 is 0 Å². The maximum absolute atomic E-state index is 12.8. The molecule has 3 rings (SSSR count). The predicted octanol–water partition coefficient (Wildman–Crippen LogP) is 2.45. The first-order valence-corrected chi connectivity index (χ1v) is 9.93. The van der Waals surface area contributed by atoms with Crippen molar-refractivity contribution >= 4 is 17.5 Å². The van der Waals surface area contributed by atoms with Gasteiger partial charge in [-0.15, -0.1) is 0 Å². The highest BCUT2D eigenvalue weighted by atomic mass is 35.5. The van der Waals surface area contributed by atoms with E-state index < -0.39 is 11.7 Å². The van der Waals surface area contributed by atoms with E-state index in [2.05, 4.69) is 12.1 Å². The van der Waals surface area contributed by atoms with Crippen LogP contribution >= 0.6 is 11.6 Å². The number of aliphatic hydroxyl groups excluding tert-OH is 1. The third-order valence-electron chi connectivity index (χ3n) is 5.30. The maximum atomic E-state index is 12.8. The van der Waals surface area contributed by atoms with Crippen LogP contribution in [-0.4, -0.2) is 70.9 Å². The Balaban J connectivity index is 1.61. The number of benzene rings is 2. The number of rotatable bonds is 6. The van der Waals surface area contributed by atoms with Gasteiger partial charge in [0.25, 0.3) is 5.91 Å². The van der Waals surface area contributed by atoms with Gasteiger partial charge in [0, 0.05) is 30.2 Å². The molecule has 2 aromatic carbocycles. The van der Waals surface area contributed by atoms with Gasteiger partial charge in [-0.05, 0) is 49.7 Å². The molecule has 0 aliphatic carbocycles. The lowest BCUT2D eigenvalue weighted by atomic mass is 9.88. The molecule has 0 spiro atoms. The molecule has 0 saturated carbocycles. The first-order chi connectivity index (χ1) is 13.4. The summed E-state index contributed by atoms with van der Waals surface area (Å²) in [5, 5.41) is 22.1. The second-order valence-electron chi connectivity index (χ2n) is 7.62. The van der Waals surface area contributed by atoms with Crippen molar-refractivity contribution in [3.63, 3.8) is 0 Å². The Morgan fingerprint density at radius 2 is 1.89 bits per heavy atom.